The molecule has 0 bridgehead atoms. The van der Waals surface area contributed by atoms with Gasteiger partial charge in [-0.15, -0.1) is 35.7 Å². The molecule has 1 aliphatic rings. The third-order valence-corrected chi connectivity index (χ3v) is 6.25. The zero-order valence-corrected chi connectivity index (χ0v) is 20.1. The summed E-state index contributed by atoms with van der Waals surface area (Å²) in [6.45, 7) is 5.38. The first-order chi connectivity index (χ1) is 13.7. The zero-order valence-electron chi connectivity index (χ0n) is 17.0. The van der Waals surface area contributed by atoms with Crippen LogP contribution in [0.3, 0.4) is 0 Å². The van der Waals surface area contributed by atoms with E-state index in [-0.39, 0.29) is 34.3 Å². The molecule has 0 spiro atoms. The van der Waals surface area contributed by atoms with Crippen molar-refractivity contribution in [3.63, 3.8) is 0 Å². The molecule has 5 nitrogen and oxygen atoms in total. The van der Waals surface area contributed by atoms with E-state index in [0.717, 1.165) is 45.0 Å². The average molecular weight is 526 g/mol. The second kappa shape index (κ2) is 12.3. The largest absolute Gasteiger partial charge is 0.357 e. The molecular weight excluding hydrogens is 495 g/mol. The summed E-state index contributed by atoms with van der Waals surface area (Å²) in [5, 5.41) is 6.77. The maximum absolute atomic E-state index is 11.7. The van der Waals surface area contributed by atoms with Gasteiger partial charge in [-0.1, -0.05) is 24.3 Å². The third kappa shape index (κ3) is 8.04. The molecule has 1 fully saturated rings. The SMILES string of the molecule is CCNC(=NCC1(Sc2ccccc2)CC1)NCCCCn1ccccc1=O.I. The molecule has 0 unspecified atom stereocenters. The minimum absolute atomic E-state index is 0. The summed E-state index contributed by atoms with van der Waals surface area (Å²) in [5.41, 5.74) is 0.0657. The maximum atomic E-state index is 11.7. The minimum Gasteiger partial charge on any atom is -0.357 e. The van der Waals surface area contributed by atoms with Crippen molar-refractivity contribution in [1.82, 2.24) is 15.2 Å². The number of pyridine rings is 1. The number of thioether (sulfide) groups is 1. The molecule has 0 atom stereocenters. The van der Waals surface area contributed by atoms with Crippen molar-refractivity contribution >= 4 is 41.7 Å². The summed E-state index contributed by atoms with van der Waals surface area (Å²) in [6, 6.07) is 15.9. The van der Waals surface area contributed by atoms with Gasteiger partial charge in [-0.05, 0) is 50.8 Å². The number of aromatic nitrogens is 1. The lowest BCUT2D eigenvalue weighted by atomic mass is 10.3. The van der Waals surface area contributed by atoms with Crippen molar-refractivity contribution in [2.75, 3.05) is 19.6 Å². The van der Waals surface area contributed by atoms with Crippen LogP contribution in [-0.4, -0.2) is 34.9 Å². The van der Waals surface area contributed by atoms with Crippen LogP contribution >= 0.6 is 35.7 Å². The highest BCUT2D eigenvalue weighted by Gasteiger charge is 2.43. The van der Waals surface area contributed by atoms with Crippen LogP contribution < -0.4 is 16.2 Å². The number of halogens is 1. The molecular formula is C22H31IN4OS. The summed E-state index contributed by atoms with van der Waals surface area (Å²) in [7, 11) is 0. The van der Waals surface area contributed by atoms with Gasteiger partial charge in [0.1, 0.15) is 0 Å². The van der Waals surface area contributed by atoms with Gasteiger partial charge < -0.3 is 15.2 Å². The molecule has 3 rings (SSSR count). The topological polar surface area (TPSA) is 58.4 Å². The highest BCUT2D eigenvalue weighted by molar-refractivity contribution is 14.0. The van der Waals surface area contributed by atoms with Crippen molar-refractivity contribution in [2.45, 2.75) is 48.8 Å². The normalized spacial score (nSPS) is 14.7. The van der Waals surface area contributed by atoms with Gasteiger partial charge in [-0.3, -0.25) is 9.79 Å². The Bertz CT molecular complexity index is 821. The van der Waals surface area contributed by atoms with E-state index >= 15 is 0 Å². The van der Waals surface area contributed by atoms with Gasteiger partial charge in [0.25, 0.3) is 0 Å². The number of aliphatic imine (C=N–C) groups is 1. The molecule has 2 N–H and O–H groups in total. The molecule has 7 heteroatoms. The van der Waals surface area contributed by atoms with Crippen molar-refractivity contribution in [1.29, 1.82) is 0 Å². The number of unbranched alkanes of at least 4 members (excludes halogenated alkanes) is 1. The monoisotopic (exact) mass is 526 g/mol. The number of guanidine groups is 1. The second-order valence-corrected chi connectivity index (χ2v) is 8.70. The Morgan fingerprint density at radius 1 is 1.10 bits per heavy atom. The van der Waals surface area contributed by atoms with Gasteiger partial charge in [0.15, 0.2) is 5.96 Å². The van der Waals surface area contributed by atoms with E-state index < -0.39 is 0 Å². The fourth-order valence-corrected chi connectivity index (χ4v) is 4.22. The number of nitrogens with one attached hydrogen (secondary N) is 2. The molecule has 1 saturated carbocycles. The van der Waals surface area contributed by atoms with Crippen molar-refractivity contribution in [3.8, 4) is 0 Å². The molecule has 158 valence electrons. The first kappa shape index (κ1) is 23.8. The molecule has 1 aromatic carbocycles. The van der Waals surface area contributed by atoms with Crippen LogP contribution in [0, 0.1) is 0 Å². The van der Waals surface area contributed by atoms with Gasteiger partial charge in [0, 0.05) is 41.5 Å². The van der Waals surface area contributed by atoms with Crippen LogP contribution in [0.1, 0.15) is 32.6 Å². The number of rotatable bonds is 10. The smallest absolute Gasteiger partial charge is 0.250 e. The minimum atomic E-state index is 0. The highest BCUT2D eigenvalue weighted by atomic mass is 127. The molecule has 1 aliphatic carbocycles. The van der Waals surface area contributed by atoms with Crippen LogP contribution in [-0.2, 0) is 6.54 Å². The van der Waals surface area contributed by atoms with E-state index in [0.29, 0.717) is 0 Å². The van der Waals surface area contributed by atoms with Crippen LogP contribution in [0.4, 0.5) is 0 Å². The van der Waals surface area contributed by atoms with Crippen molar-refractivity contribution < 1.29 is 0 Å². The molecule has 29 heavy (non-hydrogen) atoms. The number of nitrogens with zero attached hydrogens (tertiary/aromatic N) is 2. The van der Waals surface area contributed by atoms with Crippen LogP contribution in [0.25, 0.3) is 0 Å². The van der Waals surface area contributed by atoms with Crippen LogP contribution in [0.15, 0.2) is 69.4 Å². The summed E-state index contributed by atoms with van der Waals surface area (Å²) < 4.78 is 2.02. The predicted octanol–water partition coefficient (Wildman–Crippen LogP) is 4.13. The van der Waals surface area contributed by atoms with E-state index in [4.69, 9.17) is 4.99 Å². The summed E-state index contributed by atoms with van der Waals surface area (Å²) in [6.07, 6.45) is 6.25. The van der Waals surface area contributed by atoms with Gasteiger partial charge in [-0.2, -0.15) is 0 Å². The fourth-order valence-electron chi connectivity index (χ4n) is 2.99. The summed E-state index contributed by atoms with van der Waals surface area (Å²) in [5.74, 6) is 0.888. The van der Waals surface area contributed by atoms with Crippen LogP contribution in [0.5, 0.6) is 0 Å². The summed E-state index contributed by atoms with van der Waals surface area (Å²) >= 11 is 1.95. The molecule has 1 aromatic heterocycles. The van der Waals surface area contributed by atoms with Gasteiger partial charge in [-0.25, -0.2) is 0 Å². The van der Waals surface area contributed by atoms with E-state index in [9.17, 15) is 4.79 Å². The lowest BCUT2D eigenvalue weighted by molar-refractivity contribution is 0.585. The lowest BCUT2D eigenvalue weighted by Crippen LogP contribution is -2.38. The van der Waals surface area contributed by atoms with Crippen molar-refractivity contribution in [3.05, 3.63) is 65.1 Å². The van der Waals surface area contributed by atoms with E-state index in [2.05, 4.69) is 47.9 Å². The zero-order chi connectivity index (χ0) is 19.7. The molecule has 0 aliphatic heterocycles. The first-order valence-electron chi connectivity index (χ1n) is 10.1. The number of aryl methyl sites for hydroxylation is 1. The van der Waals surface area contributed by atoms with Gasteiger partial charge in [0.05, 0.1) is 6.54 Å². The Balaban J connectivity index is 0.00000300. The second-order valence-electron chi connectivity index (χ2n) is 7.16. The first-order valence-corrected chi connectivity index (χ1v) is 10.9. The van der Waals surface area contributed by atoms with Crippen molar-refractivity contribution in [2.24, 2.45) is 4.99 Å². The van der Waals surface area contributed by atoms with E-state index in [1.807, 2.05) is 24.0 Å². The Hall–Kier alpha value is -1.48. The van der Waals surface area contributed by atoms with E-state index in [1.165, 1.54) is 17.7 Å². The van der Waals surface area contributed by atoms with Gasteiger partial charge in [0.2, 0.25) is 5.56 Å². The maximum Gasteiger partial charge on any atom is 0.250 e. The Kier molecular flexibility index (Phi) is 10.1. The number of hydrogen-bond acceptors (Lipinski definition) is 3. The quantitative estimate of drug-likeness (QED) is 0.212. The van der Waals surface area contributed by atoms with Crippen LogP contribution in [0.2, 0.25) is 0 Å². The fraction of sp³-hybridized carbons (Fsp3) is 0.455. The summed E-state index contributed by atoms with van der Waals surface area (Å²) in [4.78, 5) is 17.9. The predicted molar refractivity (Wildman–Crippen MR) is 134 cm³/mol. The third-order valence-electron chi connectivity index (χ3n) is 4.77. The molecule has 0 amide bonds. The molecule has 0 radical (unpaired) electrons. The lowest BCUT2D eigenvalue weighted by Gasteiger charge is -2.15. The average Bonchev–Trinajstić information content (AvgIpc) is 3.47. The molecule has 2 aromatic rings. The Labute approximate surface area is 194 Å². The molecule has 1 heterocycles. The number of hydrogen-bond donors (Lipinski definition) is 2. The highest BCUT2D eigenvalue weighted by Crippen LogP contribution is 2.51. The Morgan fingerprint density at radius 2 is 1.86 bits per heavy atom. The standard InChI is InChI=1S/C22H30N4OS.HI/c1-2-23-21(24-15-7-9-17-26-16-8-6-12-20(26)27)25-18-22(13-14-22)28-19-10-4-3-5-11-19;/h3-6,8,10-12,16H,2,7,9,13-15,17-18H2,1H3,(H2,23,24,25);1H. The molecule has 0 saturated heterocycles. The van der Waals surface area contributed by atoms with Gasteiger partial charge >= 0.3 is 0 Å². The number of benzene rings is 1. The Morgan fingerprint density at radius 3 is 2.55 bits per heavy atom. The van der Waals surface area contributed by atoms with E-state index in [1.54, 1.807) is 16.7 Å².